The molecule has 0 aromatic heterocycles. The van der Waals surface area contributed by atoms with E-state index in [9.17, 15) is 0 Å². The van der Waals surface area contributed by atoms with E-state index >= 15 is 0 Å². The second-order valence-electron chi connectivity index (χ2n) is 4.00. The van der Waals surface area contributed by atoms with Crippen molar-refractivity contribution in [3.63, 3.8) is 0 Å². The maximum absolute atomic E-state index is 5.35. The first kappa shape index (κ1) is 12.3. The smallest absolute Gasteiger partial charge is 0.122 e. The van der Waals surface area contributed by atoms with Crippen LogP contribution in [0.15, 0.2) is 22.7 Å². The Morgan fingerprint density at radius 2 is 2.31 bits per heavy atom. The van der Waals surface area contributed by atoms with E-state index in [-0.39, 0.29) is 0 Å². The number of methoxy groups -OCH3 is 1. The lowest BCUT2D eigenvalue weighted by Crippen LogP contribution is -2.43. The van der Waals surface area contributed by atoms with Crippen LogP contribution in [0.4, 0.5) is 0 Å². The topological polar surface area (TPSA) is 21.3 Å². The van der Waals surface area contributed by atoms with Crippen LogP contribution < -0.4 is 10.1 Å². The summed E-state index contributed by atoms with van der Waals surface area (Å²) in [6, 6.07) is 6.18. The van der Waals surface area contributed by atoms with Gasteiger partial charge in [0, 0.05) is 15.8 Å². The predicted octanol–water partition coefficient (Wildman–Crippen LogP) is 2.91. The van der Waals surface area contributed by atoms with Gasteiger partial charge in [-0.25, -0.2) is 0 Å². The molecule has 1 N–H and O–H groups in total. The zero-order valence-electron chi connectivity index (χ0n) is 9.33. The third-order valence-electron chi connectivity index (χ3n) is 2.72. The largest absolute Gasteiger partial charge is 0.496 e. The Bertz CT molecular complexity index is 355. The first-order chi connectivity index (χ1) is 7.79. The highest BCUT2D eigenvalue weighted by atomic mass is 79.9. The van der Waals surface area contributed by atoms with E-state index in [1.807, 2.05) is 23.9 Å². The lowest BCUT2D eigenvalue weighted by molar-refractivity contribution is 0.385. The molecule has 0 bridgehead atoms. The minimum absolute atomic E-state index is 0.864. The Morgan fingerprint density at radius 3 is 2.94 bits per heavy atom. The molecule has 88 valence electrons. The van der Waals surface area contributed by atoms with Gasteiger partial charge >= 0.3 is 0 Å². The van der Waals surface area contributed by atoms with E-state index in [0.29, 0.717) is 0 Å². The summed E-state index contributed by atoms with van der Waals surface area (Å²) in [4.78, 5) is 0. The molecular weight excluding hydrogens is 286 g/mol. The molecule has 16 heavy (non-hydrogen) atoms. The quantitative estimate of drug-likeness (QED) is 0.903. The van der Waals surface area contributed by atoms with Crippen LogP contribution in [0.25, 0.3) is 0 Å². The fourth-order valence-corrected chi connectivity index (χ4v) is 3.20. The first-order valence-corrected chi connectivity index (χ1v) is 7.35. The minimum Gasteiger partial charge on any atom is -0.496 e. The van der Waals surface area contributed by atoms with Gasteiger partial charge in [-0.2, -0.15) is 11.8 Å². The van der Waals surface area contributed by atoms with Crippen molar-refractivity contribution in [2.45, 2.75) is 5.75 Å². The standard InChI is InChI=1S/C12H16BrNOS/c1-15-12-3-2-11(13)4-10(12)8-16-7-9-5-14-6-9/h2-4,9,14H,5-8H2,1H3. The molecule has 2 nitrogen and oxygen atoms in total. The van der Waals surface area contributed by atoms with Crippen molar-refractivity contribution in [1.29, 1.82) is 0 Å². The zero-order chi connectivity index (χ0) is 11.4. The fourth-order valence-electron chi connectivity index (χ4n) is 1.66. The van der Waals surface area contributed by atoms with Gasteiger partial charge in [-0.05, 0) is 43.0 Å². The Labute approximate surface area is 109 Å². The fraction of sp³-hybridized carbons (Fsp3) is 0.500. The molecule has 1 fully saturated rings. The summed E-state index contributed by atoms with van der Waals surface area (Å²) in [6.07, 6.45) is 0. The summed E-state index contributed by atoms with van der Waals surface area (Å²) in [5.74, 6) is 4.12. The summed E-state index contributed by atoms with van der Waals surface area (Å²) in [6.45, 7) is 2.37. The molecule has 2 rings (SSSR count). The lowest BCUT2D eigenvalue weighted by Gasteiger charge is -2.26. The van der Waals surface area contributed by atoms with Crippen LogP contribution in [0.3, 0.4) is 0 Å². The molecule has 4 heteroatoms. The molecular formula is C12H16BrNOS. The SMILES string of the molecule is COc1ccc(Br)cc1CSCC1CNC1. The second-order valence-corrected chi connectivity index (χ2v) is 5.94. The van der Waals surface area contributed by atoms with Gasteiger partial charge in [0.05, 0.1) is 7.11 Å². The van der Waals surface area contributed by atoms with Crippen LogP contribution in [0.5, 0.6) is 5.75 Å². The Kier molecular flexibility index (Phi) is 4.55. The number of hydrogen-bond donors (Lipinski definition) is 1. The molecule has 1 aliphatic rings. The molecule has 1 heterocycles. The van der Waals surface area contributed by atoms with Crippen molar-refractivity contribution in [3.8, 4) is 5.75 Å². The number of halogens is 1. The third kappa shape index (κ3) is 3.15. The average Bonchev–Trinajstić information content (AvgIpc) is 2.22. The highest BCUT2D eigenvalue weighted by Gasteiger charge is 2.16. The molecule has 1 aliphatic heterocycles. The molecule has 1 saturated heterocycles. The lowest BCUT2D eigenvalue weighted by atomic mass is 10.1. The van der Waals surface area contributed by atoms with E-state index in [2.05, 4.69) is 27.3 Å². The van der Waals surface area contributed by atoms with Gasteiger partial charge in [-0.3, -0.25) is 0 Å². The molecule has 0 aliphatic carbocycles. The molecule has 0 spiro atoms. The van der Waals surface area contributed by atoms with Crippen LogP contribution in [0, 0.1) is 5.92 Å². The van der Waals surface area contributed by atoms with Crippen molar-refractivity contribution in [2.24, 2.45) is 5.92 Å². The molecule has 1 aromatic rings. The average molecular weight is 302 g/mol. The monoisotopic (exact) mass is 301 g/mol. The van der Waals surface area contributed by atoms with Crippen LogP contribution in [0.1, 0.15) is 5.56 Å². The normalized spacial score (nSPS) is 15.9. The maximum atomic E-state index is 5.35. The third-order valence-corrected chi connectivity index (χ3v) is 4.44. The number of benzene rings is 1. The molecule has 0 radical (unpaired) electrons. The first-order valence-electron chi connectivity index (χ1n) is 5.40. The van der Waals surface area contributed by atoms with E-state index in [1.165, 1.54) is 24.4 Å². The Hall–Kier alpha value is -0.190. The van der Waals surface area contributed by atoms with E-state index in [4.69, 9.17) is 4.74 Å². The minimum atomic E-state index is 0.864. The molecule has 0 saturated carbocycles. The van der Waals surface area contributed by atoms with Crippen LogP contribution in [-0.4, -0.2) is 26.0 Å². The van der Waals surface area contributed by atoms with Gasteiger partial charge in [-0.1, -0.05) is 15.9 Å². The summed E-state index contributed by atoms with van der Waals surface area (Å²) >= 11 is 5.48. The van der Waals surface area contributed by atoms with E-state index < -0.39 is 0 Å². The van der Waals surface area contributed by atoms with Crippen molar-refractivity contribution < 1.29 is 4.74 Å². The van der Waals surface area contributed by atoms with Crippen LogP contribution in [-0.2, 0) is 5.75 Å². The molecule has 0 unspecified atom stereocenters. The van der Waals surface area contributed by atoms with Gasteiger partial charge in [-0.15, -0.1) is 0 Å². The van der Waals surface area contributed by atoms with E-state index in [0.717, 1.165) is 21.9 Å². The van der Waals surface area contributed by atoms with Crippen molar-refractivity contribution in [3.05, 3.63) is 28.2 Å². The van der Waals surface area contributed by atoms with Crippen LogP contribution in [0.2, 0.25) is 0 Å². The van der Waals surface area contributed by atoms with Gasteiger partial charge in [0.15, 0.2) is 0 Å². The van der Waals surface area contributed by atoms with Crippen molar-refractivity contribution in [2.75, 3.05) is 26.0 Å². The number of rotatable bonds is 5. The number of ether oxygens (including phenoxy) is 1. The second kappa shape index (κ2) is 5.94. The summed E-state index contributed by atoms with van der Waals surface area (Å²) < 4.78 is 6.47. The Morgan fingerprint density at radius 1 is 1.50 bits per heavy atom. The maximum Gasteiger partial charge on any atom is 0.122 e. The zero-order valence-corrected chi connectivity index (χ0v) is 11.7. The summed E-state index contributed by atoms with van der Waals surface area (Å²) in [7, 11) is 1.73. The van der Waals surface area contributed by atoms with Crippen molar-refractivity contribution >= 4 is 27.7 Å². The molecule has 0 amide bonds. The number of thioether (sulfide) groups is 1. The van der Waals surface area contributed by atoms with E-state index in [1.54, 1.807) is 7.11 Å². The predicted molar refractivity (Wildman–Crippen MR) is 73.2 cm³/mol. The number of nitrogens with one attached hydrogen (secondary N) is 1. The Balaban J connectivity index is 1.88. The van der Waals surface area contributed by atoms with Gasteiger partial charge in [0.2, 0.25) is 0 Å². The molecule has 0 atom stereocenters. The van der Waals surface area contributed by atoms with Gasteiger partial charge in [0.25, 0.3) is 0 Å². The van der Waals surface area contributed by atoms with Crippen molar-refractivity contribution in [1.82, 2.24) is 5.32 Å². The summed E-state index contributed by atoms with van der Waals surface area (Å²) in [5, 5.41) is 3.30. The summed E-state index contributed by atoms with van der Waals surface area (Å²) in [5.41, 5.74) is 1.27. The van der Waals surface area contributed by atoms with Crippen LogP contribution >= 0.6 is 27.7 Å². The van der Waals surface area contributed by atoms with Gasteiger partial charge < -0.3 is 10.1 Å². The highest BCUT2D eigenvalue weighted by molar-refractivity contribution is 9.10. The van der Waals surface area contributed by atoms with Gasteiger partial charge in [0.1, 0.15) is 5.75 Å². The highest BCUT2D eigenvalue weighted by Crippen LogP contribution is 2.27. The number of hydrogen-bond acceptors (Lipinski definition) is 3. The molecule has 1 aromatic carbocycles.